The van der Waals surface area contributed by atoms with E-state index < -0.39 is 6.61 Å². The number of hydrogen-bond acceptors (Lipinski definition) is 3. The van der Waals surface area contributed by atoms with E-state index in [2.05, 4.69) is 10.1 Å². The fourth-order valence-electron chi connectivity index (χ4n) is 2.58. The summed E-state index contributed by atoms with van der Waals surface area (Å²) in [6.45, 7) is -1.76. The number of rotatable bonds is 6. The number of hydrogen-bond donors (Lipinski definition) is 1. The Morgan fingerprint density at radius 2 is 2.15 bits per heavy atom. The summed E-state index contributed by atoms with van der Waals surface area (Å²) in [6, 6.07) is 5.76. The molecule has 2 rings (SSSR count). The van der Waals surface area contributed by atoms with E-state index >= 15 is 0 Å². The van der Waals surface area contributed by atoms with E-state index in [4.69, 9.17) is 4.74 Å². The molecule has 20 heavy (non-hydrogen) atoms. The summed E-state index contributed by atoms with van der Waals surface area (Å²) in [5.74, 6) is 0.446. The normalized spacial score (nSPS) is 19.1. The molecule has 1 unspecified atom stereocenters. The minimum Gasteiger partial charge on any atom is -0.493 e. The van der Waals surface area contributed by atoms with Gasteiger partial charge in [0.05, 0.1) is 7.11 Å². The molecule has 0 aliphatic carbocycles. The molecule has 1 aliphatic rings. The van der Waals surface area contributed by atoms with Crippen molar-refractivity contribution in [1.82, 2.24) is 5.32 Å². The first-order valence-electron chi connectivity index (χ1n) is 7.04. The van der Waals surface area contributed by atoms with Gasteiger partial charge in [0.1, 0.15) is 0 Å². The number of halogens is 2. The summed E-state index contributed by atoms with van der Waals surface area (Å²) >= 11 is 0. The standard InChI is InChI=1S/C15H21F2NO2/c1-19-13-8-6-11(10-14(13)20-15(16)17)5-7-12-4-2-3-9-18-12/h6,8,10,12,15,18H,2-5,7,9H2,1H3. The van der Waals surface area contributed by atoms with Crippen LogP contribution in [0.15, 0.2) is 18.2 Å². The maximum Gasteiger partial charge on any atom is 0.387 e. The fraction of sp³-hybridized carbons (Fsp3) is 0.600. The van der Waals surface area contributed by atoms with Crippen LogP contribution in [-0.2, 0) is 6.42 Å². The van der Waals surface area contributed by atoms with E-state index in [9.17, 15) is 8.78 Å². The summed E-state index contributed by atoms with van der Waals surface area (Å²) in [5, 5.41) is 3.48. The second kappa shape index (κ2) is 7.43. The third-order valence-electron chi connectivity index (χ3n) is 3.64. The van der Waals surface area contributed by atoms with Crippen LogP contribution in [0.4, 0.5) is 8.78 Å². The van der Waals surface area contributed by atoms with E-state index in [1.807, 2.05) is 6.07 Å². The Morgan fingerprint density at radius 1 is 1.30 bits per heavy atom. The first-order chi connectivity index (χ1) is 9.69. The lowest BCUT2D eigenvalue weighted by Crippen LogP contribution is -2.34. The summed E-state index contributed by atoms with van der Waals surface area (Å²) in [5.41, 5.74) is 0.994. The molecule has 1 atom stereocenters. The van der Waals surface area contributed by atoms with E-state index in [0.29, 0.717) is 11.8 Å². The number of methoxy groups -OCH3 is 1. The van der Waals surface area contributed by atoms with E-state index in [0.717, 1.165) is 24.9 Å². The van der Waals surface area contributed by atoms with Crippen molar-refractivity contribution in [1.29, 1.82) is 0 Å². The number of alkyl halides is 2. The van der Waals surface area contributed by atoms with Crippen LogP contribution < -0.4 is 14.8 Å². The Hall–Kier alpha value is -1.36. The highest BCUT2D eigenvalue weighted by molar-refractivity contribution is 5.43. The van der Waals surface area contributed by atoms with E-state index in [-0.39, 0.29) is 5.75 Å². The Balaban J connectivity index is 1.96. The van der Waals surface area contributed by atoms with Gasteiger partial charge in [0, 0.05) is 6.04 Å². The van der Waals surface area contributed by atoms with Crippen LogP contribution in [0.25, 0.3) is 0 Å². The molecule has 0 aromatic heterocycles. The molecule has 1 heterocycles. The molecule has 0 saturated carbocycles. The lowest BCUT2D eigenvalue weighted by molar-refractivity contribution is -0.0512. The van der Waals surface area contributed by atoms with Crippen molar-refractivity contribution >= 4 is 0 Å². The van der Waals surface area contributed by atoms with Crippen molar-refractivity contribution in [2.24, 2.45) is 0 Å². The molecule has 1 fully saturated rings. The summed E-state index contributed by atoms with van der Waals surface area (Å²) < 4.78 is 34.2. The van der Waals surface area contributed by atoms with Gasteiger partial charge < -0.3 is 14.8 Å². The minimum absolute atomic E-state index is 0.108. The highest BCUT2D eigenvalue weighted by Crippen LogP contribution is 2.30. The van der Waals surface area contributed by atoms with Crippen molar-refractivity contribution in [2.75, 3.05) is 13.7 Å². The molecule has 112 valence electrons. The Kier molecular flexibility index (Phi) is 5.59. The number of ether oxygens (including phenoxy) is 2. The zero-order valence-electron chi connectivity index (χ0n) is 11.7. The molecule has 0 bridgehead atoms. The molecule has 5 heteroatoms. The second-order valence-electron chi connectivity index (χ2n) is 5.05. The zero-order chi connectivity index (χ0) is 14.4. The maximum atomic E-state index is 12.4. The first-order valence-corrected chi connectivity index (χ1v) is 7.04. The van der Waals surface area contributed by atoms with Crippen LogP contribution in [0, 0.1) is 0 Å². The highest BCUT2D eigenvalue weighted by atomic mass is 19.3. The summed E-state index contributed by atoms with van der Waals surface area (Å²) in [4.78, 5) is 0. The van der Waals surface area contributed by atoms with Gasteiger partial charge >= 0.3 is 6.61 Å². The molecule has 0 spiro atoms. The summed E-state index contributed by atoms with van der Waals surface area (Å²) in [7, 11) is 1.44. The third-order valence-corrected chi connectivity index (χ3v) is 3.64. The Morgan fingerprint density at radius 3 is 2.80 bits per heavy atom. The largest absolute Gasteiger partial charge is 0.493 e. The van der Waals surface area contributed by atoms with Gasteiger partial charge in [-0.3, -0.25) is 0 Å². The Bertz CT molecular complexity index is 420. The molecule has 3 nitrogen and oxygen atoms in total. The predicted molar refractivity (Wildman–Crippen MR) is 73.6 cm³/mol. The molecule has 1 saturated heterocycles. The maximum absolute atomic E-state index is 12.4. The van der Waals surface area contributed by atoms with Gasteiger partial charge in [-0.25, -0.2) is 0 Å². The van der Waals surface area contributed by atoms with Gasteiger partial charge in [0.2, 0.25) is 0 Å². The smallest absolute Gasteiger partial charge is 0.387 e. The van der Waals surface area contributed by atoms with Crippen LogP contribution in [0.2, 0.25) is 0 Å². The van der Waals surface area contributed by atoms with Crippen molar-refractivity contribution in [3.63, 3.8) is 0 Å². The van der Waals surface area contributed by atoms with Gasteiger partial charge in [-0.2, -0.15) is 8.78 Å². The molecule has 1 aromatic rings. The quantitative estimate of drug-likeness (QED) is 0.869. The van der Waals surface area contributed by atoms with Crippen molar-refractivity contribution in [3.05, 3.63) is 23.8 Å². The van der Waals surface area contributed by atoms with Gasteiger partial charge in [-0.05, 0) is 49.9 Å². The number of nitrogens with one attached hydrogen (secondary N) is 1. The summed E-state index contributed by atoms with van der Waals surface area (Å²) in [6.07, 6.45) is 5.56. The molecular weight excluding hydrogens is 264 g/mol. The molecule has 0 radical (unpaired) electrons. The lowest BCUT2D eigenvalue weighted by atomic mass is 9.98. The number of benzene rings is 1. The molecule has 1 N–H and O–H groups in total. The first kappa shape index (κ1) is 15.0. The molecule has 1 aliphatic heterocycles. The molecule has 1 aromatic carbocycles. The van der Waals surface area contributed by atoms with Gasteiger partial charge in [0.15, 0.2) is 11.5 Å². The van der Waals surface area contributed by atoms with Gasteiger partial charge in [-0.15, -0.1) is 0 Å². The zero-order valence-corrected chi connectivity index (χ0v) is 11.7. The topological polar surface area (TPSA) is 30.5 Å². The van der Waals surface area contributed by atoms with Crippen LogP contribution >= 0.6 is 0 Å². The fourth-order valence-corrected chi connectivity index (χ4v) is 2.58. The van der Waals surface area contributed by atoms with Crippen molar-refractivity contribution < 1.29 is 18.3 Å². The van der Waals surface area contributed by atoms with Crippen molar-refractivity contribution in [2.45, 2.75) is 44.8 Å². The monoisotopic (exact) mass is 285 g/mol. The van der Waals surface area contributed by atoms with Gasteiger partial charge in [0.25, 0.3) is 0 Å². The third kappa shape index (κ3) is 4.34. The average molecular weight is 285 g/mol. The number of piperidine rings is 1. The average Bonchev–Trinajstić information content (AvgIpc) is 2.46. The minimum atomic E-state index is -2.83. The van der Waals surface area contributed by atoms with Crippen LogP contribution in [0.1, 0.15) is 31.2 Å². The number of aryl methyl sites for hydroxylation is 1. The lowest BCUT2D eigenvalue weighted by Gasteiger charge is -2.23. The van der Waals surface area contributed by atoms with Crippen LogP contribution in [-0.4, -0.2) is 26.3 Å². The van der Waals surface area contributed by atoms with E-state index in [1.165, 1.54) is 26.4 Å². The Labute approximate surface area is 118 Å². The molecule has 0 amide bonds. The second-order valence-corrected chi connectivity index (χ2v) is 5.05. The predicted octanol–water partition coefficient (Wildman–Crippen LogP) is 3.37. The molecular formula is C15H21F2NO2. The van der Waals surface area contributed by atoms with Crippen LogP contribution in [0.5, 0.6) is 11.5 Å². The highest BCUT2D eigenvalue weighted by Gasteiger charge is 2.14. The van der Waals surface area contributed by atoms with Gasteiger partial charge in [-0.1, -0.05) is 12.5 Å². The SMILES string of the molecule is COc1ccc(CCC2CCCCN2)cc1OC(F)F. The van der Waals surface area contributed by atoms with Crippen LogP contribution in [0.3, 0.4) is 0 Å². The van der Waals surface area contributed by atoms with Crippen molar-refractivity contribution in [3.8, 4) is 11.5 Å². The van der Waals surface area contributed by atoms with E-state index in [1.54, 1.807) is 12.1 Å².